The third kappa shape index (κ3) is 3.35. The highest BCUT2D eigenvalue weighted by atomic mass is 16.6. The molecule has 5 aliphatic carbocycles. The van der Waals surface area contributed by atoms with Crippen molar-refractivity contribution in [1.29, 1.82) is 0 Å². The number of methoxy groups -OCH3 is 2. The van der Waals surface area contributed by atoms with Crippen LogP contribution in [-0.4, -0.2) is 74.4 Å². The predicted molar refractivity (Wildman–Crippen MR) is 157 cm³/mol. The summed E-state index contributed by atoms with van der Waals surface area (Å²) in [6.45, 7) is 2.97. The maximum atomic E-state index is 14.4. The fourth-order valence-electron chi connectivity index (χ4n) is 9.72. The van der Waals surface area contributed by atoms with Gasteiger partial charge in [0.2, 0.25) is 0 Å². The van der Waals surface area contributed by atoms with Crippen molar-refractivity contribution in [3.8, 4) is 11.5 Å². The molecule has 1 amide bonds. The first-order valence-corrected chi connectivity index (χ1v) is 15.7. The van der Waals surface area contributed by atoms with E-state index in [0.717, 1.165) is 68.1 Å². The van der Waals surface area contributed by atoms with E-state index in [-0.39, 0.29) is 22.8 Å². The maximum absolute atomic E-state index is 14.4. The van der Waals surface area contributed by atoms with Crippen molar-refractivity contribution >= 4 is 5.91 Å². The summed E-state index contributed by atoms with van der Waals surface area (Å²) in [6, 6.07) is 15.3. The smallest absolute Gasteiger partial charge is 0.252 e. The van der Waals surface area contributed by atoms with Crippen LogP contribution in [0.15, 0.2) is 54.1 Å². The van der Waals surface area contributed by atoms with Crippen molar-refractivity contribution in [3.63, 3.8) is 0 Å². The molecule has 2 aromatic rings. The van der Waals surface area contributed by atoms with E-state index in [2.05, 4.69) is 53.4 Å². The molecule has 4 bridgehead atoms. The minimum atomic E-state index is -0.769. The Morgan fingerprint density at radius 1 is 1.10 bits per heavy atom. The predicted octanol–water partition coefficient (Wildman–Crippen LogP) is 4.93. The number of carbonyl (C=O) groups excluding carboxylic acids is 1. The SMILES string of the molecule is COc1ccc2c3c1O[C@@H]1[C@]34CCN(CC3CC3)[C@H](C2)[C@@]42C=C(C(=O)N(C)CCCc3ccccc3)[C@]1(OC)CC2. The molecule has 2 heterocycles. The molecule has 6 nitrogen and oxygen atoms in total. The minimum Gasteiger partial charge on any atom is -0.493 e. The molecule has 7 aliphatic rings. The molecule has 2 saturated carbocycles. The molecule has 5 atom stereocenters. The van der Waals surface area contributed by atoms with Gasteiger partial charge in [-0.1, -0.05) is 42.5 Å². The zero-order chi connectivity index (χ0) is 28.0. The van der Waals surface area contributed by atoms with Crippen molar-refractivity contribution in [1.82, 2.24) is 9.80 Å². The van der Waals surface area contributed by atoms with Crippen molar-refractivity contribution in [2.75, 3.05) is 40.9 Å². The standard InChI is InChI=1S/C35H42N2O4/c1-36(18-7-10-23-8-5-4-6-9-23)31(38)26-21-33-15-16-35(26,40-3)32-34(33)17-19-37(22-24-11-12-24)28(33)20-25-13-14-27(39-2)30(41-32)29(25)34/h4-6,8-9,13-14,21,24,28,32H,7,10-12,15-20,22H2,1-3H3/t28-,32-,33-,34+,35-/m1/s1. The Labute approximate surface area is 243 Å². The second-order valence-electron chi connectivity index (χ2n) is 13.5. The molecule has 0 N–H and O–H groups in total. The van der Waals surface area contributed by atoms with Crippen molar-refractivity contribution in [3.05, 3.63) is 70.8 Å². The quantitative estimate of drug-likeness (QED) is 0.440. The van der Waals surface area contributed by atoms with E-state index < -0.39 is 5.60 Å². The van der Waals surface area contributed by atoms with Gasteiger partial charge in [0.05, 0.1) is 12.5 Å². The number of hydrogen-bond acceptors (Lipinski definition) is 5. The molecule has 2 aliphatic heterocycles. The third-order valence-electron chi connectivity index (χ3n) is 11.8. The topological polar surface area (TPSA) is 51.2 Å². The molecule has 216 valence electrons. The van der Waals surface area contributed by atoms with Crippen LogP contribution in [0.2, 0.25) is 0 Å². The lowest BCUT2D eigenvalue weighted by molar-refractivity contribution is -0.198. The van der Waals surface area contributed by atoms with E-state index in [0.29, 0.717) is 12.6 Å². The average Bonchev–Trinajstić information content (AvgIpc) is 3.75. The molecular weight excluding hydrogens is 512 g/mol. The van der Waals surface area contributed by atoms with Gasteiger partial charge in [-0.25, -0.2) is 0 Å². The Morgan fingerprint density at radius 2 is 1.93 bits per heavy atom. The molecule has 3 fully saturated rings. The highest BCUT2D eigenvalue weighted by Crippen LogP contribution is 2.75. The van der Waals surface area contributed by atoms with Gasteiger partial charge in [-0.15, -0.1) is 0 Å². The van der Waals surface area contributed by atoms with Gasteiger partial charge in [-0.2, -0.15) is 0 Å². The number of carbonyl (C=O) groups is 1. The van der Waals surface area contributed by atoms with Gasteiger partial charge in [-0.05, 0) is 81.0 Å². The van der Waals surface area contributed by atoms with Crippen LogP contribution in [0.4, 0.5) is 0 Å². The normalized spacial score (nSPS) is 34.1. The van der Waals surface area contributed by atoms with E-state index in [9.17, 15) is 4.79 Å². The summed E-state index contributed by atoms with van der Waals surface area (Å²) >= 11 is 0. The van der Waals surface area contributed by atoms with Gasteiger partial charge < -0.3 is 19.1 Å². The molecule has 9 rings (SSSR count). The van der Waals surface area contributed by atoms with Crippen molar-refractivity contribution in [2.45, 2.75) is 74.5 Å². The van der Waals surface area contributed by atoms with Crippen LogP contribution in [0, 0.1) is 11.3 Å². The van der Waals surface area contributed by atoms with Gasteiger partial charge in [0.1, 0.15) is 11.7 Å². The molecule has 2 spiro atoms. The number of aryl methyl sites for hydroxylation is 1. The number of piperidine rings is 1. The zero-order valence-corrected chi connectivity index (χ0v) is 24.7. The lowest BCUT2D eigenvalue weighted by atomic mass is 9.37. The first-order chi connectivity index (χ1) is 20.0. The summed E-state index contributed by atoms with van der Waals surface area (Å²) < 4.78 is 19.5. The molecular formula is C35H42N2O4. The first-order valence-electron chi connectivity index (χ1n) is 15.7. The lowest BCUT2D eigenvalue weighted by Gasteiger charge is -2.70. The number of likely N-dealkylation sites (N-methyl/N-ethyl adjacent to an activating group) is 1. The summed E-state index contributed by atoms with van der Waals surface area (Å²) in [7, 11) is 5.48. The maximum Gasteiger partial charge on any atom is 0.252 e. The van der Waals surface area contributed by atoms with Crippen LogP contribution in [0.25, 0.3) is 0 Å². The number of amides is 1. The highest BCUT2D eigenvalue weighted by molar-refractivity contribution is 5.97. The van der Waals surface area contributed by atoms with Gasteiger partial charge in [0, 0.05) is 49.8 Å². The van der Waals surface area contributed by atoms with E-state index in [4.69, 9.17) is 14.2 Å². The van der Waals surface area contributed by atoms with Crippen LogP contribution < -0.4 is 9.47 Å². The Hall–Kier alpha value is -2.83. The van der Waals surface area contributed by atoms with Crippen LogP contribution in [0.5, 0.6) is 11.5 Å². The molecule has 0 unspecified atom stereocenters. The average molecular weight is 555 g/mol. The fraction of sp³-hybridized carbons (Fsp3) is 0.571. The number of nitrogens with zero attached hydrogens (tertiary/aromatic N) is 2. The Kier molecular flexibility index (Phi) is 5.73. The summed E-state index contributed by atoms with van der Waals surface area (Å²) in [5.74, 6) is 2.63. The van der Waals surface area contributed by atoms with Crippen LogP contribution in [0.3, 0.4) is 0 Å². The van der Waals surface area contributed by atoms with Crippen molar-refractivity contribution < 1.29 is 19.0 Å². The van der Waals surface area contributed by atoms with E-state index >= 15 is 0 Å². The Morgan fingerprint density at radius 3 is 2.68 bits per heavy atom. The van der Waals surface area contributed by atoms with Crippen LogP contribution in [-0.2, 0) is 27.8 Å². The minimum absolute atomic E-state index is 0.0953. The zero-order valence-electron chi connectivity index (χ0n) is 24.7. The number of benzene rings is 2. The molecule has 2 aromatic carbocycles. The second kappa shape index (κ2) is 9.08. The summed E-state index contributed by atoms with van der Waals surface area (Å²) in [6.07, 6.45) is 10.7. The summed E-state index contributed by atoms with van der Waals surface area (Å²) in [5, 5.41) is 0. The van der Waals surface area contributed by atoms with Gasteiger partial charge in [0.15, 0.2) is 11.5 Å². The fourth-order valence-corrected chi connectivity index (χ4v) is 9.72. The van der Waals surface area contributed by atoms with Crippen LogP contribution >= 0.6 is 0 Å². The number of ether oxygens (including phenoxy) is 3. The number of fused-ring (bicyclic) bond motifs is 1. The lowest BCUT2D eigenvalue weighted by Crippen LogP contribution is -2.78. The molecule has 0 radical (unpaired) electrons. The van der Waals surface area contributed by atoms with Gasteiger partial charge >= 0.3 is 0 Å². The largest absolute Gasteiger partial charge is 0.493 e. The molecule has 1 saturated heterocycles. The molecule has 0 aromatic heterocycles. The van der Waals surface area contributed by atoms with Gasteiger partial charge in [-0.3, -0.25) is 9.69 Å². The highest BCUT2D eigenvalue weighted by Gasteiger charge is 2.79. The third-order valence-corrected chi connectivity index (χ3v) is 11.8. The second-order valence-corrected chi connectivity index (χ2v) is 13.5. The number of likely N-dealkylation sites (tertiary alicyclic amines) is 1. The summed E-state index contributed by atoms with van der Waals surface area (Å²) in [4.78, 5) is 19.1. The van der Waals surface area contributed by atoms with E-state index in [1.807, 2.05) is 11.9 Å². The molecule has 41 heavy (non-hydrogen) atoms. The monoisotopic (exact) mass is 554 g/mol. The van der Waals surface area contributed by atoms with E-state index in [1.54, 1.807) is 14.2 Å². The first kappa shape index (κ1) is 25.8. The Balaban J connectivity index is 1.21. The van der Waals surface area contributed by atoms with E-state index in [1.165, 1.54) is 36.1 Å². The van der Waals surface area contributed by atoms with Gasteiger partial charge in [0.25, 0.3) is 5.91 Å². The van der Waals surface area contributed by atoms with Crippen molar-refractivity contribution in [2.24, 2.45) is 11.3 Å². The number of hydrogen-bond donors (Lipinski definition) is 0. The number of rotatable bonds is 9. The Bertz CT molecular complexity index is 1420. The molecule has 6 heteroatoms. The van der Waals surface area contributed by atoms with Crippen LogP contribution in [0.1, 0.15) is 55.2 Å². The summed E-state index contributed by atoms with van der Waals surface area (Å²) in [5.41, 5.74) is 3.77.